The van der Waals surface area contributed by atoms with Gasteiger partial charge in [-0.1, -0.05) is 43.3 Å². The topological polar surface area (TPSA) is 61.2 Å². The van der Waals surface area contributed by atoms with Crippen LogP contribution in [0.25, 0.3) is 16.5 Å². The predicted molar refractivity (Wildman–Crippen MR) is 112 cm³/mol. The van der Waals surface area contributed by atoms with Crippen LogP contribution in [0.4, 0.5) is 0 Å². The number of rotatable bonds is 5. The number of ether oxygens (including phenoxy) is 1. The molecule has 5 nitrogen and oxygen atoms in total. The highest BCUT2D eigenvalue weighted by molar-refractivity contribution is 5.82. The lowest BCUT2D eigenvalue weighted by molar-refractivity contribution is -0.136. The normalized spacial score (nSPS) is 11.9. The van der Waals surface area contributed by atoms with E-state index in [2.05, 4.69) is 4.98 Å². The smallest absolute Gasteiger partial charge is 0.320 e. The fraction of sp³-hybridized carbons (Fsp3) is 0.125. The van der Waals surface area contributed by atoms with Crippen LogP contribution in [0.15, 0.2) is 90.0 Å². The molecule has 144 valence electrons. The van der Waals surface area contributed by atoms with Gasteiger partial charge in [0.15, 0.2) is 0 Å². The second-order valence-electron chi connectivity index (χ2n) is 6.72. The van der Waals surface area contributed by atoms with Gasteiger partial charge in [-0.25, -0.2) is 4.98 Å². The third kappa shape index (κ3) is 3.80. The molecule has 0 saturated carbocycles. The van der Waals surface area contributed by atoms with E-state index >= 15 is 0 Å². The Morgan fingerprint density at radius 1 is 1.00 bits per heavy atom. The molecule has 29 heavy (non-hydrogen) atoms. The van der Waals surface area contributed by atoms with Crippen molar-refractivity contribution in [1.82, 2.24) is 9.55 Å². The van der Waals surface area contributed by atoms with E-state index in [0.717, 1.165) is 16.6 Å². The summed E-state index contributed by atoms with van der Waals surface area (Å²) in [5.41, 5.74) is 1.51. The Morgan fingerprint density at radius 2 is 1.76 bits per heavy atom. The molecule has 1 unspecified atom stereocenters. The van der Waals surface area contributed by atoms with Crippen molar-refractivity contribution >= 4 is 16.7 Å². The van der Waals surface area contributed by atoms with Crippen molar-refractivity contribution in [1.29, 1.82) is 0 Å². The van der Waals surface area contributed by atoms with Gasteiger partial charge >= 0.3 is 5.97 Å². The fourth-order valence-electron chi connectivity index (χ4n) is 3.38. The second-order valence-corrected chi connectivity index (χ2v) is 6.72. The third-order valence-electron chi connectivity index (χ3n) is 4.92. The molecule has 0 aliphatic heterocycles. The maximum absolute atomic E-state index is 12.8. The number of hydrogen-bond acceptors (Lipinski definition) is 4. The van der Waals surface area contributed by atoms with Gasteiger partial charge in [0.2, 0.25) is 5.88 Å². The van der Waals surface area contributed by atoms with E-state index in [0.29, 0.717) is 11.8 Å². The molecule has 0 aliphatic carbocycles. The van der Waals surface area contributed by atoms with Crippen LogP contribution >= 0.6 is 0 Å². The SMILES string of the molecule is CCC(C(=O)Oc1ccccn1)c1ccc(-n2ccc3ccccc3c2=O)cc1. The zero-order chi connectivity index (χ0) is 20.2. The number of fused-ring (bicyclic) bond motifs is 1. The minimum Gasteiger partial charge on any atom is -0.407 e. The summed E-state index contributed by atoms with van der Waals surface area (Å²) in [6, 6.07) is 22.1. The molecule has 4 rings (SSSR count). The second kappa shape index (κ2) is 8.10. The summed E-state index contributed by atoms with van der Waals surface area (Å²) in [5.74, 6) is -0.462. The van der Waals surface area contributed by atoms with Crippen molar-refractivity contribution in [2.24, 2.45) is 0 Å². The van der Waals surface area contributed by atoms with Gasteiger partial charge in [-0.3, -0.25) is 14.2 Å². The molecule has 0 saturated heterocycles. The zero-order valence-corrected chi connectivity index (χ0v) is 16.0. The van der Waals surface area contributed by atoms with Gasteiger partial charge in [0, 0.05) is 29.5 Å². The molecule has 0 radical (unpaired) electrons. The average molecular weight is 384 g/mol. The Kier molecular flexibility index (Phi) is 5.20. The minimum atomic E-state index is -0.403. The molecule has 2 aromatic carbocycles. The summed E-state index contributed by atoms with van der Waals surface area (Å²) in [5, 5.41) is 1.58. The molecule has 0 fully saturated rings. The van der Waals surface area contributed by atoms with E-state index in [4.69, 9.17) is 4.74 Å². The van der Waals surface area contributed by atoms with Gasteiger partial charge in [-0.15, -0.1) is 0 Å². The molecular formula is C24H20N2O3. The number of aromatic nitrogens is 2. The Labute approximate surface area is 168 Å². The Balaban J connectivity index is 1.61. The average Bonchev–Trinajstić information content (AvgIpc) is 2.76. The van der Waals surface area contributed by atoms with Gasteiger partial charge in [0.1, 0.15) is 0 Å². The largest absolute Gasteiger partial charge is 0.407 e. The molecule has 2 heterocycles. The first-order valence-electron chi connectivity index (χ1n) is 9.51. The number of carbonyl (C=O) groups is 1. The molecule has 4 aromatic rings. The lowest BCUT2D eigenvalue weighted by Crippen LogP contribution is -2.19. The van der Waals surface area contributed by atoms with Crippen molar-refractivity contribution in [2.45, 2.75) is 19.3 Å². The monoisotopic (exact) mass is 384 g/mol. The maximum Gasteiger partial charge on any atom is 0.320 e. The van der Waals surface area contributed by atoms with Gasteiger partial charge in [-0.2, -0.15) is 0 Å². The standard InChI is InChI=1S/C24H20N2O3/c1-2-20(24(28)29-22-9-5-6-15-25-22)18-10-12-19(13-11-18)26-16-14-17-7-3-4-8-21(17)23(26)27/h3-16,20H,2H2,1H3. The zero-order valence-electron chi connectivity index (χ0n) is 16.0. The van der Waals surface area contributed by atoms with Gasteiger partial charge in [-0.05, 0) is 47.7 Å². The number of esters is 1. The molecule has 1 atom stereocenters. The Morgan fingerprint density at radius 3 is 2.48 bits per heavy atom. The Bertz CT molecular complexity index is 1200. The number of nitrogens with zero attached hydrogens (tertiary/aromatic N) is 2. The molecule has 5 heteroatoms. The molecular weight excluding hydrogens is 364 g/mol. The number of carbonyl (C=O) groups excluding carboxylic acids is 1. The maximum atomic E-state index is 12.8. The number of hydrogen-bond donors (Lipinski definition) is 0. The third-order valence-corrected chi connectivity index (χ3v) is 4.92. The molecule has 0 N–H and O–H groups in total. The van der Waals surface area contributed by atoms with Crippen LogP contribution < -0.4 is 10.3 Å². The summed E-state index contributed by atoms with van der Waals surface area (Å²) >= 11 is 0. The Hall–Kier alpha value is -3.73. The van der Waals surface area contributed by atoms with E-state index in [1.165, 1.54) is 0 Å². The summed E-state index contributed by atoms with van der Waals surface area (Å²) in [6.07, 6.45) is 3.95. The van der Waals surface area contributed by atoms with Crippen LogP contribution in [0.3, 0.4) is 0 Å². The first-order valence-corrected chi connectivity index (χ1v) is 9.51. The van der Waals surface area contributed by atoms with Crippen LogP contribution in [-0.2, 0) is 4.79 Å². The van der Waals surface area contributed by atoms with Crippen molar-refractivity contribution in [2.75, 3.05) is 0 Å². The van der Waals surface area contributed by atoms with Crippen LogP contribution in [0.1, 0.15) is 24.8 Å². The minimum absolute atomic E-state index is 0.0718. The van der Waals surface area contributed by atoms with Gasteiger partial charge in [0.25, 0.3) is 5.56 Å². The lowest BCUT2D eigenvalue weighted by Gasteiger charge is -2.15. The first kappa shape index (κ1) is 18.6. The quantitative estimate of drug-likeness (QED) is 0.476. The van der Waals surface area contributed by atoms with E-state index in [1.807, 2.05) is 61.5 Å². The van der Waals surface area contributed by atoms with Crippen LogP contribution in [0.5, 0.6) is 5.88 Å². The molecule has 0 spiro atoms. The number of benzene rings is 2. The van der Waals surface area contributed by atoms with Crippen LogP contribution in [0.2, 0.25) is 0 Å². The number of pyridine rings is 2. The van der Waals surface area contributed by atoms with E-state index in [-0.39, 0.29) is 17.4 Å². The molecule has 0 bridgehead atoms. The summed E-state index contributed by atoms with van der Waals surface area (Å²) in [7, 11) is 0. The van der Waals surface area contributed by atoms with Gasteiger partial charge < -0.3 is 4.74 Å². The van der Waals surface area contributed by atoms with Gasteiger partial charge in [0.05, 0.1) is 5.92 Å². The summed E-state index contributed by atoms with van der Waals surface area (Å²) in [6.45, 7) is 1.94. The highest BCUT2D eigenvalue weighted by atomic mass is 16.5. The first-order chi connectivity index (χ1) is 14.2. The van der Waals surface area contributed by atoms with Crippen molar-refractivity contribution in [3.63, 3.8) is 0 Å². The summed E-state index contributed by atoms with van der Waals surface area (Å²) < 4.78 is 7.01. The van der Waals surface area contributed by atoms with Crippen LogP contribution in [0, 0.1) is 0 Å². The van der Waals surface area contributed by atoms with E-state index < -0.39 is 5.92 Å². The highest BCUT2D eigenvalue weighted by Gasteiger charge is 2.21. The predicted octanol–water partition coefficient (Wildman–Crippen LogP) is 4.48. The summed E-state index contributed by atoms with van der Waals surface area (Å²) in [4.78, 5) is 29.4. The molecule has 0 amide bonds. The van der Waals surface area contributed by atoms with Crippen molar-refractivity contribution in [3.8, 4) is 11.6 Å². The van der Waals surface area contributed by atoms with Crippen molar-refractivity contribution in [3.05, 3.63) is 101 Å². The fourth-order valence-corrected chi connectivity index (χ4v) is 3.38. The lowest BCUT2D eigenvalue weighted by atomic mass is 9.96. The van der Waals surface area contributed by atoms with E-state index in [1.54, 1.807) is 35.2 Å². The molecule has 2 aromatic heterocycles. The molecule has 0 aliphatic rings. The highest BCUT2D eigenvalue weighted by Crippen LogP contribution is 2.23. The van der Waals surface area contributed by atoms with E-state index in [9.17, 15) is 9.59 Å². The van der Waals surface area contributed by atoms with Crippen molar-refractivity contribution < 1.29 is 9.53 Å². The van der Waals surface area contributed by atoms with Crippen LogP contribution in [-0.4, -0.2) is 15.5 Å².